The van der Waals surface area contributed by atoms with Crippen LogP contribution in [0.25, 0.3) is 0 Å². The van der Waals surface area contributed by atoms with Crippen LogP contribution in [0.3, 0.4) is 0 Å². The monoisotopic (exact) mass is 241 g/mol. The lowest BCUT2D eigenvalue weighted by atomic mass is 9.87. The first-order chi connectivity index (χ1) is 8.29. The summed E-state index contributed by atoms with van der Waals surface area (Å²) >= 11 is 0. The van der Waals surface area contributed by atoms with Gasteiger partial charge in [0.25, 0.3) is 0 Å². The second-order valence-corrected chi connectivity index (χ2v) is 5.49. The zero-order valence-corrected chi connectivity index (χ0v) is 11.2. The number of piperidine rings is 1. The van der Waals surface area contributed by atoms with Gasteiger partial charge in [-0.3, -0.25) is 0 Å². The Hall–Kier alpha value is -0.160. The molecule has 0 aliphatic carbocycles. The van der Waals surface area contributed by atoms with Crippen molar-refractivity contribution in [3.05, 3.63) is 0 Å². The van der Waals surface area contributed by atoms with E-state index in [1.165, 1.54) is 25.9 Å². The van der Waals surface area contributed by atoms with Crippen LogP contribution in [0, 0.1) is 5.92 Å². The van der Waals surface area contributed by atoms with E-state index in [9.17, 15) is 0 Å². The lowest BCUT2D eigenvalue weighted by Crippen LogP contribution is -2.48. The van der Waals surface area contributed by atoms with Crippen LogP contribution < -0.4 is 10.6 Å². The van der Waals surface area contributed by atoms with Gasteiger partial charge < -0.3 is 20.3 Å². The summed E-state index contributed by atoms with van der Waals surface area (Å²) in [5.41, 5.74) is 0. The molecule has 4 heteroatoms. The molecular formula is C13H27N3O. The van der Waals surface area contributed by atoms with Crippen LogP contribution in [0.1, 0.15) is 19.3 Å². The van der Waals surface area contributed by atoms with Crippen molar-refractivity contribution in [1.29, 1.82) is 0 Å². The first-order valence-corrected chi connectivity index (χ1v) is 6.97. The Labute approximate surface area is 105 Å². The SMILES string of the molecule is CNC(CC1CNCCO1)C1CCCN(C)C1. The van der Waals surface area contributed by atoms with Gasteiger partial charge >= 0.3 is 0 Å². The molecule has 0 aromatic rings. The normalized spacial score (nSPS) is 33.5. The van der Waals surface area contributed by atoms with Crippen molar-refractivity contribution in [2.24, 2.45) is 5.92 Å². The van der Waals surface area contributed by atoms with E-state index in [2.05, 4.69) is 29.6 Å². The predicted octanol–water partition coefficient (Wildman–Crippen LogP) is 0.295. The molecule has 2 rings (SSSR count). The van der Waals surface area contributed by atoms with Gasteiger partial charge in [0.2, 0.25) is 0 Å². The molecule has 3 unspecified atom stereocenters. The minimum atomic E-state index is 0.397. The third kappa shape index (κ3) is 3.91. The van der Waals surface area contributed by atoms with Gasteiger partial charge in [0, 0.05) is 25.7 Å². The van der Waals surface area contributed by atoms with Gasteiger partial charge in [-0.05, 0) is 45.8 Å². The molecular weight excluding hydrogens is 214 g/mol. The first-order valence-electron chi connectivity index (χ1n) is 6.97. The quantitative estimate of drug-likeness (QED) is 0.742. The molecule has 2 aliphatic rings. The van der Waals surface area contributed by atoms with Gasteiger partial charge in [-0.25, -0.2) is 0 Å². The summed E-state index contributed by atoms with van der Waals surface area (Å²) in [6.45, 7) is 5.37. The molecule has 2 N–H and O–H groups in total. The molecule has 17 heavy (non-hydrogen) atoms. The fraction of sp³-hybridized carbons (Fsp3) is 1.00. The van der Waals surface area contributed by atoms with E-state index in [1.807, 2.05) is 0 Å². The Bertz CT molecular complexity index is 219. The molecule has 2 aliphatic heterocycles. The molecule has 4 nitrogen and oxygen atoms in total. The first kappa shape index (κ1) is 13.3. The Morgan fingerprint density at radius 2 is 2.41 bits per heavy atom. The number of likely N-dealkylation sites (tertiary alicyclic amines) is 1. The fourth-order valence-electron chi connectivity index (χ4n) is 3.14. The van der Waals surface area contributed by atoms with Crippen molar-refractivity contribution in [3.8, 4) is 0 Å². The highest BCUT2D eigenvalue weighted by Gasteiger charge is 2.27. The van der Waals surface area contributed by atoms with Gasteiger partial charge in [-0.2, -0.15) is 0 Å². The number of nitrogens with one attached hydrogen (secondary N) is 2. The Morgan fingerprint density at radius 1 is 1.53 bits per heavy atom. The molecule has 2 saturated heterocycles. The Balaban J connectivity index is 1.82. The van der Waals surface area contributed by atoms with E-state index in [-0.39, 0.29) is 0 Å². The largest absolute Gasteiger partial charge is 0.376 e. The van der Waals surface area contributed by atoms with Crippen molar-refractivity contribution in [3.63, 3.8) is 0 Å². The Kier molecular flexibility index (Phi) is 5.22. The minimum absolute atomic E-state index is 0.397. The predicted molar refractivity (Wildman–Crippen MR) is 70.3 cm³/mol. The lowest BCUT2D eigenvalue weighted by Gasteiger charge is -2.37. The Morgan fingerprint density at radius 3 is 3.06 bits per heavy atom. The van der Waals surface area contributed by atoms with Crippen LogP contribution in [-0.2, 0) is 4.74 Å². The minimum Gasteiger partial charge on any atom is -0.376 e. The number of hydrogen-bond acceptors (Lipinski definition) is 4. The number of nitrogens with zero attached hydrogens (tertiary/aromatic N) is 1. The van der Waals surface area contributed by atoms with Crippen LogP contribution in [0.2, 0.25) is 0 Å². The average molecular weight is 241 g/mol. The van der Waals surface area contributed by atoms with Crippen LogP contribution in [0.5, 0.6) is 0 Å². The van der Waals surface area contributed by atoms with E-state index >= 15 is 0 Å². The highest BCUT2D eigenvalue weighted by molar-refractivity contribution is 4.84. The maximum Gasteiger partial charge on any atom is 0.0715 e. The van der Waals surface area contributed by atoms with Crippen molar-refractivity contribution in [2.75, 3.05) is 46.9 Å². The highest BCUT2D eigenvalue weighted by atomic mass is 16.5. The number of rotatable bonds is 4. The summed E-state index contributed by atoms with van der Waals surface area (Å²) in [7, 11) is 4.33. The van der Waals surface area contributed by atoms with Crippen molar-refractivity contribution in [2.45, 2.75) is 31.4 Å². The van der Waals surface area contributed by atoms with E-state index in [0.29, 0.717) is 12.1 Å². The number of hydrogen-bond donors (Lipinski definition) is 2. The van der Waals surface area contributed by atoms with Crippen molar-refractivity contribution < 1.29 is 4.74 Å². The maximum absolute atomic E-state index is 5.81. The molecule has 0 aromatic heterocycles. The fourth-order valence-corrected chi connectivity index (χ4v) is 3.14. The van der Waals surface area contributed by atoms with Crippen LogP contribution in [-0.4, -0.2) is 63.9 Å². The molecule has 0 aromatic carbocycles. The summed E-state index contributed by atoms with van der Waals surface area (Å²) in [5, 5.41) is 6.92. The van der Waals surface area contributed by atoms with E-state index in [4.69, 9.17) is 4.74 Å². The van der Waals surface area contributed by atoms with Gasteiger partial charge in [0.15, 0.2) is 0 Å². The van der Waals surface area contributed by atoms with Crippen LogP contribution in [0.4, 0.5) is 0 Å². The maximum atomic E-state index is 5.81. The molecule has 0 radical (unpaired) electrons. The second kappa shape index (κ2) is 6.69. The second-order valence-electron chi connectivity index (χ2n) is 5.49. The number of morpholine rings is 1. The van der Waals surface area contributed by atoms with Gasteiger partial charge in [0.05, 0.1) is 12.7 Å². The van der Waals surface area contributed by atoms with E-state index in [1.54, 1.807) is 0 Å². The summed E-state index contributed by atoms with van der Waals surface area (Å²) in [6, 6.07) is 0.600. The van der Waals surface area contributed by atoms with Gasteiger partial charge in [0.1, 0.15) is 0 Å². The molecule has 0 bridgehead atoms. The van der Waals surface area contributed by atoms with E-state index in [0.717, 1.165) is 32.0 Å². The lowest BCUT2D eigenvalue weighted by molar-refractivity contribution is 0.0100. The van der Waals surface area contributed by atoms with Gasteiger partial charge in [-0.1, -0.05) is 0 Å². The van der Waals surface area contributed by atoms with Crippen LogP contribution in [0.15, 0.2) is 0 Å². The van der Waals surface area contributed by atoms with Crippen LogP contribution >= 0.6 is 0 Å². The molecule has 2 heterocycles. The molecule has 0 saturated carbocycles. The zero-order chi connectivity index (χ0) is 12.1. The molecule has 3 atom stereocenters. The van der Waals surface area contributed by atoms with E-state index < -0.39 is 0 Å². The van der Waals surface area contributed by atoms with Crippen molar-refractivity contribution in [1.82, 2.24) is 15.5 Å². The molecule has 2 fully saturated rings. The van der Waals surface area contributed by atoms with Gasteiger partial charge in [-0.15, -0.1) is 0 Å². The molecule has 0 amide bonds. The summed E-state index contributed by atoms with van der Waals surface area (Å²) in [6.07, 6.45) is 4.23. The number of ether oxygens (including phenoxy) is 1. The summed E-state index contributed by atoms with van der Waals surface area (Å²) in [4.78, 5) is 2.46. The zero-order valence-electron chi connectivity index (χ0n) is 11.2. The molecule has 100 valence electrons. The smallest absolute Gasteiger partial charge is 0.0715 e. The topological polar surface area (TPSA) is 36.5 Å². The highest BCUT2D eigenvalue weighted by Crippen LogP contribution is 2.22. The molecule has 0 spiro atoms. The third-order valence-corrected chi connectivity index (χ3v) is 4.12. The average Bonchev–Trinajstić information content (AvgIpc) is 2.37. The standard InChI is InChI=1S/C13H27N3O/c1-14-13(8-12-9-15-5-7-17-12)11-4-3-6-16(2)10-11/h11-15H,3-10H2,1-2H3. The third-order valence-electron chi connectivity index (χ3n) is 4.12. The summed E-state index contributed by atoms with van der Waals surface area (Å²) in [5.74, 6) is 0.782. The van der Waals surface area contributed by atoms with Crippen molar-refractivity contribution >= 4 is 0 Å². The summed E-state index contributed by atoms with van der Waals surface area (Å²) < 4.78 is 5.81.